The zero-order chi connectivity index (χ0) is 10.1. The Morgan fingerprint density at radius 2 is 2.31 bits per heavy atom. The van der Waals surface area contributed by atoms with Crippen LogP contribution in [0.1, 0.15) is 13.3 Å². The molecule has 1 fully saturated rings. The zero-order valence-corrected chi connectivity index (χ0v) is 8.43. The topological polar surface area (TPSA) is 63.4 Å². The molecule has 2 unspecified atom stereocenters. The molecule has 0 aromatic heterocycles. The van der Waals surface area contributed by atoms with Crippen molar-refractivity contribution in [2.75, 3.05) is 19.6 Å². The van der Waals surface area contributed by atoms with E-state index in [4.69, 9.17) is 5.73 Å². The maximum Gasteiger partial charge on any atom is 0.218 e. The molecule has 0 radical (unpaired) electrons. The van der Waals surface area contributed by atoms with Crippen LogP contribution in [-0.2, 0) is 10.0 Å². The highest BCUT2D eigenvalue weighted by Gasteiger charge is 2.34. The summed E-state index contributed by atoms with van der Waals surface area (Å²) in [6.45, 7) is 1.90. The predicted molar refractivity (Wildman–Crippen MR) is 48.5 cm³/mol. The monoisotopic (exact) mass is 210 g/mol. The number of alkyl halides is 1. The molecule has 0 spiro atoms. The van der Waals surface area contributed by atoms with Gasteiger partial charge in [-0.2, -0.15) is 4.31 Å². The molecule has 4 nitrogen and oxygen atoms in total. The van der Waals surface area contributed by atoms with Gasteiger partial charge in [0.15, 0.2) is 0 Å². The number of nitrogens with two attached hydrogens (primary N) is 1. The summed E-state index contributed by atoms with van der Waals surface area (Å²) in [5, 5.41) is -0.613. The number of hydrogen-bond acceptors (Lipinski definition) is 3. The van der Waals surface area contributed by atoms with Crippen molar-refractivity contribution < 1.29 is 12.8 Å². The van der Waals surface area contributed by atoms with Gasteiger partial charge < -0.3 is 5.73 Å². The Bertz CT molecular complexity index is 268. The van der Waals surface area contributed by atoms with Gasteiger partial charge in [0, 0.05) is 19.6 Å². The molecule has 0 saturated carbocycles. The summed E-state index contributed by atoms with van der Waals surface area (Å²) in [7, 11) is -3.35. The Morgan fingerprint density at radius 3 is 2.69 bits per heavy atom. The number of halogens is 1. The summed E-state index contributed by atoms with van der Waals surface area (Å²) in [6, 6.07) is 0. The number of sulfonamides is 1. The van der Waals surface area contributed by atoms with Gasteiger partial charge in [0.05, 0.1) is 5.25 Å². The van der Waals surface area contributed by atoms with Crippen molar-refractivity contribution in [3.05, 3.63) is 0 Å². The summed E-state index contributed by atoms with van der Waals surface area (Å²) in [4.78, 5) is 0. The SMILES string of the molecule is CC(CN)S(=O)(=O)N1CCC(F)C1. The second-order valence-corrected chi connectivity index (χ2v) is 5.69. The van der Waals surface area contributed by atoms with Crippen molar-refractivity contribution in [2.45, 2.75) is 24.8 Å². The molecule has 0 amide bonds. The van der Waals surface area contributed by atoms with Gasteiger partial charge in [0.25, 0.3) is 0 Å². The smallest absolute Gasteiger partial charge is 0.218 e. The average Bonchev–Trinajstić information content (AvgIpc) is 2.50. The summed E-state index contributed by atoms with van der Waals surface area (Å²) in [6.07, 6.45) is -0.712. The van der Waals surface area contributed by atoms with E-state index in [9.17, 15) is 12.8 Å². The highest BCUT2D eigenvalue weighted by Crippen LogP contribution is 2.18. The van der Waals surface area contributed by atoms with Gasteiger partial charge in [-0.1, -0.05) is 0 Å². The van der Waals surface area contributed by atoms with Crippen LogP contribution >= 0.6 is 0 Å². The van der Waals surface area contributed by atoms with Crippen molar-refractivity contribution in [3.8, 4) is 0 Å². The molecule has 1 aliphatic rings. The lowest BCUT2D eigenvalue weighted by Crippen LogP contribution is -2.39. The van der Waals surface area contributed by atoms with E-state index >= 15 is 0 Å². The molecule has 0 bridgehead atoms. The van der Waals surface area contributed by atoms with E-state index in [-0.39, 0.29) is 19.6 Å². The molecule has 6 heteroatoms. The molecule has 2 atom stereocenters. The Kier molecular flexibility index (Phi) is 3.26. The first-order valence-corrected chi connectivity index (χ1v) is 5.82. The molecule has 1 aliphatic heterocycles. The minimum Gasteiger partial charge on any atom is -0.329 e. The van der Waals surface area contributed by atoms with Crippen LogP contribution in [0.3, 0.4) is 0 Å². The molecule has 78 valence electrons. The maximum atomic E-state index is 12.7. The standard InChI is InChI=1S/C7H15FN2O2S/c1-6(4-9)13(11,12)10-3-2-7(8)5-10/h6-7H,2-5,9H2,1H3. The second kappa shape index (κ2) is 3.89. The van der Waals surface area contributed by atoms with E-state index in [1.807, 2.05) is 0 Å². The third-order valence-electron chi connectivity index (χ3n) is 2.29. The van der Waals surface area contributed by atoms with Crippen LogP contribution < -0.4 is 5.73 Å². The maximum absolute atomic E-state index is 12.7. The Morgan fingerprint density at radius 1 is 1.69 bits per heavy atom. The number of hydrogen-bond donors (Lipinski definition) is 1. The van der Waals surface area contributed by atoms with E-state index < -0.39 is 21.4 Å². The second-order valence-electron chi connectivity index (χ2n) is 3.34. The molecule has 13 heavy (non-hydrogen) atoms. The van der Waals surface area contributed by atoms with Crippen LogP contribution in [0, 0.1) is 0 Å². The zero-order valence-electron chi connectivity index (χ0n) is 7.61. The fraction of sp³-hybridized carbons (Fsp3) is 1.00. The number of nitrogens with zero attached hydrogens (tertiary/aromatic N) is 1. The molecule has 1 rings (SSSR count). The summed E-state index contributed by atoms with van der Waals surface area (Å²) < 4.78 is 37.1. The first-order chi connectivity index (χ1) is 5.98. The molecule has 1 heterocycles. The molecule has 1 saturated heterocycles. The third-order valence-corrected chi connectivity index (χ3v) is 4.55. The van der Waals surface area contributed by atoms with Gasteiger partial charge in [0.1, 0.15) is 6.17 Å². The van der Waals surface area contributed by atoms with Crippen LogP contribution in [0.4, 0.5) is 4.39 Å². The first-order valence-electron chi connectivity index (χ1n) is 4.31. The van der Waals surface area contributed by atoms with Gasteiger partial charge in [-0.3, -0.25) is 0 Å². The molecule has 0 aromatic carbocycles. The van der Waals surface area contributed by atoms with E-state index in [0.717, 1.165) is 0 Å². The lowest BCUT2D eigenvalue weighted by Gasteiger charge is -2.19. The highest BCUT2D eigenvalue weighted by atomic mass is 32.2. The fourth-order valence-electron chi connectivity index (χ4n) is 1.29. The normalized spacial score (nSPS) is 27.8. The van der Waals surface area contributed by atoms with Crippen molar-refractivity contribution in [1.29, 1.82) is 0 Å². The lowest BCUT2D eigenvalue weighted by molar-refractivity contribution is 0.342. The van der Waals surface area contributed by atoms with Gasteiger partial charge in [-0.25, -0.2) is 12.8 Å². The Labute approximate surface area is 77.9 Å². The van der Waals surface area contributed by atoms with Crippen molar-refractivity contribution in [2.24, 2.45) is 5.73 Å². The molecular formula is C7H15FN2O2S. The summed E-state index contributed by atoms with van der Waals surface area (Å²) in [5.74, 6) is 0. The predicted octanol–water partition coefficient (Wildman–Crippen LogP) is -0.293. The van der Waals surface area contributed by atoms with Crippen LogP contribution in [0.2, 0.25) is 0 Å². The van der Waals surface area contributed by atoms with Crippen molar-refractivity contribution in [3.63, 3.8) is 0 Å². The van der Waals surface area contributed by atoms with Crippen LogP contribution in [-0.4, -0.2) is 43.8 Å². The molecule has 0 aromatic rings. The van der Waals surface area contributed by atoms with E-state index in [2.05, 4.69) is 0 Å². The average molecular weight is 210 g/mol. The third kappa shape index (κ3) is 2.18. The highest BCUT2D eigenvalue weighted by molar-refractivity contribution is 7.89. The summed E-state index contributed by atoms with van der Waals surface area (Å²) >= 11 is 0. The first kappa shape index (κ1) is 10.9. The summed E-state index contributed by atoms with van der Waals surface area (Å²) in [5.41, 5.74) is 5.26. The fourth-order valence-corrected chi connectivity index (χ4v) is 2.78. The van der Waals surface area contributed by atoms with E-state index in [0.29, 0.717) is 6.42 Å². The molecule has 0 aliphatic carbocycles. The van der Waals surface area contributed by atoms with Crippen molar-refractivity contribution >= 4 is 10.0 Å². The van der Waals surface area contributed by atoms with Crippen LogP contribution in [0.5, 0.6) is 0 Å². The molecule has 2 N–H and O–H groups in total. The van der Waals surface area contributed by atoms with E-state index in [1.165, 1.54) is 4.31 Å². The van der Waals surface area contributed by atoms with Crippen LogP contribution in [0.15, 0.2) is 0 Å². The van der Waals surface area contributed by atoms with Gasteiger partial charge in [-0.05, 0) is 13.3 Å². The van der Waals surface area contributed by atoms with Gasteiger partial charge >= 0.3 is 0 Å². The molecular weight excluding hydrogens is 195 g/mol. The number of rotatable bonds is 3. The van der Waals surface area contributed by atoms with Gasteiger partial charge in [-0.15, -0.1) is 0 Å². The van der Waals surface area contributed by atoms with E-state index in [1.54, 1.807) is 6.92 Å². The minimum atomic E-state index is -3.35. The minimum absolute atomic E-state index is 0.00727. The Hall–Kier alpha value is -0.200. The Balaban J connectivity index is 2.71. The largest absolute Gasteiger partial charge is 0.329 e. The quantitative estimate of drug-likeness (QED) is 0.696. The lowest BCUT2D eigenvalue weighted by atomic mass is 10.4. The van der Waals surface area contributed by atoms with Gasteiger partial charge in [0.2, 0.25) is 10.0 Å². The van der Waals surface area contributed by atoms with Crippen LogP contribution in [0.25, 0.3) is 0 Å². The van der Waals surface area contributed by atoms with Crippen molar-refractivity contribution in [1.82, 2.24) is 4.31 Å².